The SMILES string of the molecule is CC1(C)C(Cl)CC1Oc1ccc(F)c(C(F)(F)F)c1. The molecule has 0 heterocycles. The molecule has 0 bridgehead atoms. The van der Waals surface area contributed by atoms with Crippen LogP contribution in [-0.4, -0.2) is 11.5 Å². The van der Waals surface area contributed by atoms with Crippen molar-refractivity contribution in [2.24, 2.45) is 5.41 Å². The van der Waals surface area contributed by atoms with E-state index >= 15 is 0 Å². The normalized spacial score (nSPS) is 25.8. The van der Waals surface area contributed by atoms with Gasteiger partial charge < -0.3 is 4.74 Å². The molecule has 1 aromatic carbocycles. The lowest BCUT2D eigenvalue weighted by Gasteiger charge is -2.48. The summed E-state index contributed by atoms with van der Waals surface area (Å²) in [6.45, 7) is 3.76. The average Bonchev–Trinajstić information content (AvgIpc) is 2.29. The second-order valence-corrected chi connectivity index (χ2v) is 5.80. The summed E-state index contributed by atoms with van der Waals surface area (Å²) in [5, 5.41) is -0.0694. The van der Waals surface area contributed by atoms with E-state index in [-0.39, 0.29) is 22.6 Å². The standard InChI is InChI=1S/C13H13ClF4O/c1-12(2)10(14)6-11(12)19-7-3-4-9(15)8(5-7)13(16,17)18/h3-5,10-11H,6H2,1-2H3. The van der Waals surface area contributed by atoms with Crippen LogP contribution in [0.4, 0.5) is 17.6 Å². The molecule has 0 N–H and O–H groups in total. The van der Waals surface area contributed by atoms with Gasteiger partial charge in [0.1, 0.15) is 17.7 Å². The van der Waals surface area contributed by atoms with Crippen LogP contribution in [0.5, 0.6) is 5.75 Å². The molecule has 19 heavy (non-hydrogen) atoms. The van der Waals surface area contributed by atoms with Gasteiger partial charge in [0.05, 0.1) is 5.56 Å². The Hall–Kier alpha value is -0.970. The molecule has 1 fully saturated rings. The first kappa shape index (κ1) is 14.4. The average molecular weight is 297 g/mol. The molecule has 1 saturated carbocycles. The van der Waals surface area contributed by atoms with Crippen molar-refractivity contribution in [2.75, 3.05) is 0 Å². The topological polar surface area (TPSA) is 9.23 Å². The van der Waals surface area contributed by atoms with Gasteiger partial charge in [-0.2, -0.15) is 13.2 Å². The van der Waals surface area contributed by atoms with E-state index in [0.717, 1.165) is 6.07 Å². The van der Waals surface area contributed by atoms with Crippen LogP contribution >= 0.6 is 11.6 Å². The summed E-state index contributed by atoms with van der Waals surface area (Å²) in [6.07, 6.45) is -4.43. The summed E-state index contributed by atoms with van der Waals surface area (Å²) in [6, 6.07) is 2.65. The van der Waals surface area contributed by atoms with Crippen molar-refractivity contribution in [3.05, 3.63) is 29.6 Å². The fourth-order valence-electron chi connectivity index (χ4n) is 2.00. The molecule has 1 nitrogen and oxygen atoms in total. The Balaban J connectivity index is 2.19. The first-order valence-corrected chi connectivity index (χ1v) is 6.23. The van der Waals surface area contributed by atoms with E-state index in [9.17, 15) is 17.6 Å². The van der Waals surface area contributed by atoms with Crippen LogP contribution in [-0.2, 0) is 6.18 Å². The summed E-state index contributed by atoms with van der Waals surface area (Å²) in [4.78, 5) is 0. The summed E-state index contributed by atoms with van der Waals surface area (Å²) in [7, 11) is 0. The Labute approximate surface area is 113 Å². The number of hydrogen-bond donors (Lipinski definition) is 0. The van der Waals surface area contributed by atoms with Crippen molar-refractivity contribution >= 4 is 11.6 Å². The molecule has 6 heteroatoms. The molecule has 0 radical (unpaired) electrons. The Morgan fingerprint density at radius 2 is 1.95 bits per heavy atom. The number of rotatable bonds is 2. The molecule has 0 spiro atoms. The molecule has 0 saturated heterocycles. The van der Waals surface area contributed by atoms with Crippen molar-refractivity contribution in [3.8, 4) is 5.75 Å². The zero-order chi connectivity index (χ0) is 14.4. The van der Waals surface area contributed by atoms with E-state index in [2.05, 4.69) is 0 Å². The van der Waals surface area contributed by atoms with Crippen LogP contribution in [0.3, 0.4) is 0 Å². The van der Waals surface area contributed by atoms with E-state index in [4.69, 9.17) is 16.3 Å². The van der Waals surface area contributed by atoms with Gasteiger partial charge in [-0.3, -0.25) is 0 Å². The molecular formula is C13H13ClF4O. The van der Waals surface area contributed by atoms with Crippen molar-refractivity contribution in [2.45, 2.75) is 37.9 Å². The fraction of sp³-hybridized carbons (Fsp3) is 0.538. The Morgan fingerprint density at radius 1 is 1.32 bits per heavy atom. The third-order valence-electron chi connectivity index (χ3n) is 3.58. The van der Waals surface area contributed by atoms with Gasteiger partial charge in [0, 0.05) is 17.2 Å². The van der Waals surface area contributed by atoms with E-state index in [1.54, 1.807) is 0 Å². The lowest BCUT2D eigenvalue weighted by molar-refractivity contribution is -0.140. The lowest BCUT2D eigenvalue weighted by Crippen LogP contribution is -2.53. The number of ether oxygens (including phenoxy) is 1. The van der Waals surface area contributed by atoms with Crippen LogP contribution < -0.4 is 4.74 Å². The minimum atomic E-state index is -4.73. The molecule has 106 valence electrons. The highest BCUT2D eigenvalue weighted by molar-refractivity contribution is 6.21. The first-order chi connectivity index (χ1) is 8.62. The maximum atomic E-state index is 13.1. The number of hydrogen-bond acceptors (Lipinski definition) is 1. The largest absolute Gasteiger partial charge is 0.490 e. The number of halogens is 5. The minimum Gasteiger partial charge on any atom is -0.490 e. The number of benzene rings is 1. The second-order valence-electron chi connectivity index (χ2n) is 5.27. The van der Waals surface area contributed by atoms with Gasteiger partial charge >= 0.3 is 6.18 Å². The quantitative estimate of drug-likeness (QED) is 0.571. The summed E-state index contributed by atoms with van der Waals surface area (Å²) < 4.78 is 56.3. The van der Waals surface area contributed by atoms with Gasteiger partial charge in [0.25, 0.3) is 0 Å². The molecule has 1 aliphatic rings. The van der Waals surface area contributed by atoms with Crippen molar-refractivity contribution in [3.63, 3.8) is 0 Å². The summed E-state index contributed by atoms with van der Waals surface area (Å²) in [5.74, 6) is -1.29. The highest BCUT2D eigenvalue weighted by Crippen LogP contribution is 2.46. The maximum Gasteiger partial charge on any atom is 0.419 e. The maximum absolute atomic E-state index is 13.1. The van der Waals surface area contributed by atoms with Gasteiger partial charge in [-0.25, -0.2) is 4.39 Å². The van der Waals surface area contributed by atoms with Crippen LogP contribution in [0.2, 0.25) is 0 Å². The zero-order valence-corrected chi connectivity index (χ0v) is 11.1. The van der Waals surface area contributed by atoms with E-state index in [0.29, 0.717) is 12.5 Å². The van der Waals surface area contributed by atoms with E-state index in [1.807, 2.05) is 13.8 Å². The summed E-state index contributed by atoms with van der Waals surface area (Å²) >= 11 is 6.01. The Morgan fingerprint density at radius 3 is 2.42 bits per heavy atom. The monoisotopic (exact) mass is 296 g/mol. The lowest BCUT2D eigenvalue weighted by atomic mass is 9.68. The third kappa shape index (κ3) is 2.66. The second kappa shape index (κ2) is 4.54. The molecule has 2 rings (SSSR count). The van der Waals surface area contributed by atoms with Crippen LogP contribution in [0.1, 0.15) is 25.8 Å². The highest BCUT2D eigenvalue weighted by Gasteiger charge is 2.49. The number of alkyl halides is 4. The van der Waals surface area contributed by atoms with Crippen LogP contribution in [0.15, 0.2) is 18.2 Å². The van der Waals surface area contributed by atoms with Gasteiger partial charge in [-0.15, -0.1) is 11.6 Å². The van der Waals surface area contributed by atoms with Gasteiger partial charge in [0.2, 0.25) is 0 Å². The first-order valence-electron chi connectivity index (χ1n) is 5.80. The molecule has 0 amide bonds. The molecule has 2 atom stereocenters. The molecular weight excluding hydrogens is 284 g/mol. The molecule has 0 aliphatic heterocycles. The molecule has 0 aromatic heterocycles. The van der Waals surface area contributed by atoms with Gasteiger partial charge in [-0.05, 0) is 18.2 Å². The Bertz CT molecular complexity index is 484. The van der Waals surface area contributed by atoms with Gasteiger partial charge in [0.15, 0.2) is 0 Å². The van der Waals surface area contributed by atoms with Gasteiger partial charge in [-0.1, -0.05) is 13.8 Å². The van der Waals surface area contributed by atoms with Crippen LogP contribution in [0.25, 0.3) is 0 Å². The molecule has 1 aromatic rings. The van der Waals surface area contributed by atoms with Crippen molar-refractivity contribution in [1.82, 2.24) is 0 Å². The predicted octanol–water partition coefficient (Wildman–Crippen LogP) is 4.63. The van der Waals surface area contributed by atoms with Crippen LogP contribution in [0, 0.1) is 11.2 Å². The van der Waals surface area contributed by atoms with E-state index < -0.39 is 17.6 Å². The molecule has 1 aliphatic carbocycles. The Kier molecular flexibility index (Phi) is 3.45. The summed E-state index contributed by atoms with van der Waals surface area (Å²) in [5.41, 5.74) is -1.63. The zero-order valence-electron chi connectivity index (χ0n) is 10.4. The molecule has 2 unspecified atom stereocenters. The minimum absolute atomic E-state index is 0.00960. The third-order valence-corrected chi connectivity index (χ3v) is 4.32. The van der Waals surface area contributed by atoms with Crippen molar-refractivity contribution < 1.29 is 22.3 Å². The fourth-order valence-corrected chi connectivity index (χ4v) is 2.30. The van der Waals surface area contributed by atoms with Crippen molar-refractivity contribution in [1.29, 1.82) is 0 Å². The van der Waals surface area contributed by atoms with E-state index in [1.165, 1.54) is 6.07 Å². The predicted molar refractivity (Wildman–Crippen MR) is 63.9 cm³/mol. The smallest absolute Gasteiger partial charge is 0.419 e. The highest BCUT2D eigenvalue weighted by atomic mass is 35.5.